The average molecular weight is 227 g/mol. The average Bonchev–Trinajstić information content (AvgIpc) is 2.27. The molecule has 0 aromatic rings. The van der Waals surface area contributed by atoms with Crippen molar-refractivity contribution in [2.24, 2.45) is 5.92 Å². The van der Waals surface area contributed by atoms with Crippen molar-refractivity contribution in [2.75, 3.05) is 7.11 Å². The van der Waals surface area contributed by atoms with Crippen molar-refractivity contribution in [1.29, 1.82) is 0 Å². The second-order valence-corrected chi connectivity index (χ2v) is 5.75. The van der Waals surface area contributed by atoms with Crippen molar-refractivity contribution in [3.8, 4) is 0 Å². The molecule has 1 N–H and O–H groups in total. The molecule has 0 aliphatic heterocycles. The van der Waals surface area contributed by atoms with E-state index in [9.17, 15) is 0 Å². The normalized spacial score (nSPS) is 28.3. The van der Waals surface area contributed by atoms with E-state index < -0.39 is 0 Å². The van der Waals surface area contributed by atoms with Gasteiger partial charge in [0.15, 0.2) is 0 Å². The van der Waals surface area contributed by atoms with Crippen LogP contribution in [0, 0.1) is 5.92 Å². The zero-order chi connectivity index (χ0) is 12.0. The molecular formula is C14H29NO. The third-order valence-corrected chi connectivity index (χ3v) is 3.70. The lowest BCUT2D eigenvalue weighted by molar-refractivity contribution is 0.0612. The standard InChI is InChI=1S/C14H29NO/c1-11(2)5-6-12(3)15-13-7-9-14(16-4)10-8-13/h11-15H,5-10H2,1-4H3. The third-order valence-electron chi connectivity index (χ3n) is 3.70. The van der Waals surface area contributed by atoms with Crippen LogP contribution >= 0.6 is 0 Å². The summed E-state index contributed by atoms with van der Waals surface area (Å²) in [6, 6.07) is 1.40. The zero-order valence-electron chi connectivity index (χ0n) is 11.5. The molecule has 0 heterocycles. The summed E-state index contributed by atoms with van der Waals surface area (Å²) in [5, 5.41) is 3.76. The minimum Gasteiger partial charge on any atom is -0.381 e. The van der Waals surface area contributed by atoms with Crippen molar-refractivity contribution < 1.29 is 4.74 Å². The quantitative estimate of drug-likeness (QED) is 0.751. The van der Waals surface area contributed by atoms with Gasteiger partial charge in [-0.15, -0.1) is 0 Å². The summed E-state index contributed by atoms with van der Waals surface area (Å²) in [6.45, 7) is 6.93. The molecule has 1 atom stereocenters. The predicted molar refractivity (Wildman–Crippen MR) is 69.7 cm³/mol. The Morgan fingerprint density at radius 1 is 1.06 bits per heavy atom. The molecule has 0 aromatic carbocycles. The molecule has 1 rings (SSSR count). The van der Waals surface area contributed by atoms with Gasteiger partial charge in [0, 0.05) is 19.2 Å². The first-order valence-electron chi connectivity index (χ1n) is 6.90. The Morgan fingerprint density at radius 3 is 2.19 bits per heavy atom. The highest BCUT2D eigenvalue weighted by molar-refractivity contribution is 4.79. The summed E-state index contributed by atoms with van der Waals surface area (Å²) in [7, 11) is 1.84. The SMILES string of the molecule is COC1CCC(NC(C)CCC(C)C)CC1. The molecule has 0 aromatic heterocycles. The minimum absolute atomic E-state index is 0.518. The van der Waals surface area contributed by atoms with Crippen molar-refractivity contribution >= 4 is 0 Å². The molecule has 0 spiro atoms. The Kier molecular flexibility index (Phi) is 6.37. The van der Waals surface area contributed by atoms with Crippen LogP contribution in [0.4, 0.5) is 0 Å². The molecule has 0 bridgehead atoms. The molecule has 2 heteroatoms. The first-order valence-corrected chi connectivity index (χ1v) is 6.90. The smallest absolute Gasteiger partial charge is 0.0572 e. The van der Waals surface area contributed by atoms with Crippen LogP contribution in [-0.2, 0) is 4.74 Å². The highest BCUT2D eigenvalue weighted by Crippen LogP contribution is 2.21. The monoisotopic (exact) mass is 227 g/mol. The van der Waals surface area contributed by atoms with Crippen molar-refractivity contribution in [1.82, 2.24) is 5.32 Å². The van der Waals surface area contributed by atoms with Gasteiger partial charge in [-0.3, -0.25) is 0 Å². The Morgan fingerprint density at radius 2 is 1.69 bits per heavy atom. The van der Waals surface area contributed by atoms with E-state index >= 15 is 0 Å². The van der Waals surface area contributed by atoms with Gasteiger partial charge in [-0.1, -0.05) is 13.8 Å². The molecule has 0 radical (unpaired) electrons. The van der Waals surface area contributed by atoms with Crippen LogP contribution in [-0.4, -0.2) is 25.3 Å². The molecule has 16 heavy (non-hydrogen) atoms. The lowest BCUT2D eigenvalue weighted by Gasteiger charge is -2.30. The van der Waals surface area contributed by atoms with Gasteiger partial charge in [-0.05, 0) is 51.4 Å². The highest BCUT2D eigenvalue weighted by Gasteiger charge is 2.21. The van der Waals surface area contributed by atoms with Crippen LogP contribution < -0.4 is 5.32 Å². The van der Waals surface area contributed by atoms with Crippen LogP contribution in [0.15, 0.2) is 0 Å². The van der Waals surface area contributed by atoms with Crippen molar-refractivity contribution in [3.63, 3.8) is 0 Å². The largest absolute Gasteiger partial charge is 0.381 e. The number of rotatable bonds is 6. The number of ether oxygens (including phenoxy) is 1. The maximum Gasteiger partial charge on any atom is 0.0572 e. The summed E-state index contributed by atoms with van der Waals surface area (Å²) in [5.74, 6) is 0.827. The van der Waals surface area contributed by atoms with E-state index in [1.54, 1.807) is 0 Å². The summed E-state index contributed by atoms with van der Waals surface area (Å²) >= 11 is 0. The summed E-state index contributed by atoms with van der Waals surface area (Å²) < 4.78 is 5.40. The van der Waals surface area contributed by atoms with E-state index in [-0.39, 0.29) is 0 Å². The summed E-state index contributed by atoms with van der Waals surface area (Å²) in [4.78, 5) is 0. The second-order valence-electron chi connectivity index (χ2n) is 5.75. The number of nitrogens with one attached hydrogen (secondary N) is 1. The first-order chi connectivity index (χ1) is 7.61. The van der Waals surface area contributed by atoms with E-state index in [1.807, 2.05) is 7.11 Å². The lowest BCUT2D eigenvalue weighted by Crippen LogP contribution is -2.40. The Hall–Kier alpha value is -0.0800. The van der Waals surface area contributed by atoms with Crippen LogP contribution in [0.1, 0.15) is 59.3 Å². The minimum atomic E-state index is 0.518. The Labute approximate surface area is 101 Å². The molecule has 1 unspecified atom stereocenters. The van der Waals surface area contributed by atoms with Crippen LogP contribution in [0.5, 0.6) is 0 Å². The van der Waals surface area contributed by atoms with Crippen molar-refractivity contribution in [2.45, 2.75) is 77.5 Å². The first kappa shape index (κ1) is 14.0. The molecule has 1 aliphatic rings. The number of methoxy groups -OCH3 is 1. The third kappa shape index (κ3) is 5.31. The van der Waals surface area contributed by atoms with Crippen LogP contribution in [0.3, 0.4) is 0 Å². The molecule has 0 amide bonds. The highest BCUT2D eigenvalue weighted by atomic mass is 16.5. The topological polar surface area (TPSA) is 21.3 Å². The lowest BCUT2D eigenvalue weighted by atomic mass is 9.92. The fourth-order valence-electron chi connectivity index (χ4n) is 2.53. The molecule has 1 fully saturated rings. The van der Waals surface area contributed by atoms with Gasteiger partial charge in [0.2, 0.25) is 0 Å². The van der Waals surface area contributed by atoms with Gasteiger partial charge in [0.25, 0.3) is 0 Å². The van der Waals surface area contributed by atoms with Gasteiger partial charge < -0.3 is 10.1 Å². The fourth-order valence-corrected chi connectivity index (χ4v) is 2.53. The maximum atomic E-state index is 5.40. The van der Waals surface area contributed by atoms with Crippen molar-refractivity contribution in [3.05, 3.63) is 0 Å². The predicted octanol–water partition coefficient (Wildman–Crippen LogP) is 3.36. The summed E-state index contributed by atoms with van der Waals surface area (Å²) in [5.41, 5.74) is 0. The number of hydrogen-bond donors (Lipinski definition) is 1. The van der Waals surface area contributed by atoms with Crippen LogP contribution in [0.2, 0.25) is 0 Å². The fraction of sp³-hybridized carbons (Fsp3) is 1.00. The van der Waals surface area contributed by atoms with E-state index in [0.29, 0.717) is 12.1 Å². The zero-order valence-corrected chi connectivity index (χ0v) is 11.5. The molecular weight excluding hydrogens is 198 g/mol. The Balaban J connectivity index is 2.13. The van der Waals surface area contributed by atoms with E-state index in [1.165, 1.54) is 38.5 Å². The number of hydrogen-bond acceptors (Lipinski definition) is 2. The van der Waals surface area contributed by atoms with Gasteiger partial charge in [0.05, 0.1) is 6.10 Å². The van der Waals surface area contributed by atoms with Crippen LogP contribution in [0.25, 0.3) is 0 Å². The molecule has 2 nitrogen and oxygen atoms in total. The molecule has 1 saturated carbocycles. The van der Waals surface area contributed by atoms with Gasteiger partial charge in [0.1, 0.15) is 0 Å². The van der Waals surface area contributed by atoms with E-state index in [2.05, 4.69) is 26.1 Å². The van der Waals surface area contributed by atoms with Gasteiger partial charge >= 0.3 is 0 Å². The molecule has 96 valence electrons. The van der Waals surface area contributed by atoms with E-state index in [4.69, 9.17) is 4.74 Å². The molecule has 1 aliphatic carbocycles. The molecule has 0 saturated heterocycles. The van der Waals surface area contributed by atoms with E-state index in [0.717, 1.165) is 12.0 Å². The summed E-state index contributed by atoms with van der Waals surface area (Å²) in [6.07, 6.45) is 8.18. The maximum absolute atomic E-state index is 5.40. The van der Waals surface area contributed by atoms with Gasteiger partial charge in [-0.25, -0.2) is 0 Å². The van der Waals surface area contributed by atoms with Gasteiger partial charge in [-0.2, -0.15) is 0 Å². The second kappa shape index (κ2) is 7.29. The Bertz CT molecular complexity index is 174.